The molecule has 2 heteroatoms. The van der Waals surface area contributed by atoms with Gasteiger partial charge in [-0.05, 0) is 44.4 Å². The van der Waals surface area contributed by atoms with Crippen molar-refractivity contribution in [1.29, 1.82) is 0 Å². The minimum atomic E-state index is -0.176. The SMILES string of the molecule is CCC(C)NC(C)(N)C1CC(C)(C)C1. The molecule has 0 aromatic rings. The molecule has 2 nitrogen and oxygen atoms in total. The maximum atomic E-state index is 6.31. The lowest BCUT2D eigenvalue weighted by Gasteiger charge is -2.51. The third kappa shape index (κ3) is 2.71. The third-order valence-corrected chi connectivity index (χ3v) is 3.62. The molecule has 1 aliphatic rings. The first kappa shape index (κ1) is 12.0. The van der Waals surface area contributed by atoms with Gasteiger partial charge >= 0.3 is 0 Å². The molecule has 0 bridgehead atoms. The van der Waals surface area contributed by atoms with Gasteiger partial charge in [-0.15, -0.1) is 0 Å². The molecule has 0 aliphatic heterocycles. The van der Waals surface area contributed by atoms with E-state index in [9.17, 15) is 0 Å². The molecule has 2 unspecified atom stereocenters. The smallest absolute Gasteiger partial charge is 0.0664 e. The lowest BCUT2D eigenvalue weighted by atomic mass is 9.60. The summed E-state index contributed by atoms with van der Waals surface area (Å²) >= 11 is 0. The summed E-state index contributed by atoms with van der Waals surface area (Å²) < 4.78 is 0. The summed E-state index contributed by atoms with van der Waals surface area (Å²) in [5.74, 6) is 0.645. The average Bonchev–Trinajstić information content (AvgIpc) is 1.99. The lowest BCUT2D eigenvalue weighted by molar-refractivity contribution is 0.0198. The minimum absolute atomic E-state index is 0.176. The average molecular weight is 198 g/mol. The highest BCUT2D eigenvalue weighted by molar-refractivity contribution is 4.98. The van der Waals surface area contributed by atoms with Crippen molar-refractivity contribution < 1.29 is 0 Å². The lowest BCUT2D eigenvalue weighted by Crippen LogP contribution is -2.63. The third-order valence-electron chi connectivity index (χ3n) is 3.62. The van der Waals surface area contributed by atoms with Crippen LogP contribution in [0.5, 0.6) is 0 Å². The van der Waals surface area contributed by atoms with Crippen LogP contribution >= 0.6 is 0 Å². The standard InChI is InChI=1S/C12H26N2/c1-6-9(2)14-12(5,13)10-7-11(3,4)8-10/h9-10,14H,6-8,13H2,1-5H3. The van der Waals surface area contributed by atoms with Gasteiger partial charge in [-0.2, -0.15) is 0 Å². The summed E-state index contributed by atoms with van der Waals surface area (Å²) in [6.45, 7) is 11.2. The Morgan fingerprint density at radius 3 is 2.36 bits per heavy atom. The van der Waals surface area contributed by atoms with Gasteiger partial charge in [0.1, 0.15) is 0 Å². The van der Waals surface area contributed by atoms with Crippen LogP contribution in [0.2, 0.25) is 0 Å². The van der Waals surface area contributed by atoms with Crippen molar-refractivity contribution in [3.8, 4) is 0 Å². The zero-order chi connectivity index (χ0) is 11.0. The van der Waals surface area contributed by atoms with E-state index in [1.807, 2.05) is 0 Å². The molecule has 0 aromatic heterocycles. The monoisotopic (exact) mass is 198 g/mol. The highest BCUT2D eigenvalue weighted by Gasteiger charge is 2.44. The van der Waals surface area contributed by atoms with E-state index >= 15 is 0 Å². The van der Waals surface area contributed by atoms with Crippen LogP contribution in [0, 0.1) is 11.3 Å². The van der Waals surface area contributed by atoms with Crippen LogP contribution < -0.4 is 11.1 Å². The Hall–Kier alpha value is -0.0800. The number of nitrogens with two attached hydrogens (primary N) is 1. The van der Waals surface area contributed by atoms with E-state index in [1.54, 1.807) is 0 Å². The second-order valence-electron chi connectivity index (χ2n) is 6.01. The van der Waals surface area contributed by atoms with Crippen LogP contribution in [0.1, 0.15) is 53.9 Å². The second-order valence-corrected chi connectivity index (χ2v) is 6.01. The first-order valence-corrected chi connectivity index (χ1v) is 5.83. The van der Waals surface area contributed by atoms with Gasteiger partial charge in [-0.3, -0.25) is 5.32 Å². The fourth-order valence-corrected chi connectivity index (χ4v) is 2.45. The highest BCUT2D eigenvalue weighted by atomic mass is 15.1. The van der Waals surface area contributed by atoms with Gasteiger partial charge in [0.25, 0.3) is 0 Å². The summed E-state index contributed by atoms with van der Waals surface area (Å²) in [5.41, 5.74) is 6.65. The molecule has 0 heterocycles. The summed E-state index contributed by atoms with van der Waals surface area (Å²) in [5, 5.41) is 3.52. The Balaban J connectivity index is 2.43. The van der Waals surface area contributed by atoms with Crippen LogP contribution in [0.3, 0.4) is 0 Å². The van der Waals surface area contributed by atoms with Crippen molar-refractivity contribution >= 4 is 0 Å². The molecule has 0 spiro atoms. The fourth-order valence-electron chi connectivity index (χ4n) is 2.45. The quantitative estimate of drug-likeness (QED) is 0.681. The molecule has 0 saturated heterocycles. The van der Waals surface area contributed by atoms with Crippen molar-refractivity contribution in [2.45, 2.75) is 65.6 Å². The van der Waals surface area contributed by atoms with Crippen molar-refractivity contribution in [2.24, 2.45) is 17.1 Å². The van der Waals surface area contributed by atoms with Gasteiger partial charge in [0.2, 0.25) is 0 Å². The van der Waals surface area contributed by atoms with E-state index in [4.69, 9.17) is 5.73 Å². The number of rotatable bonds is 4. The first-order chi connectivity index (χ1) is 6.27. The normalized spacial score (nSPS) is 27.9. The molecular formula is C12H26N2. The summed E-state index contributed by atoms with van der Waals surface area (Å²) in [6, 6.07) is 0.522. The molecule has 1 saturated carbocycles. The number of hydrogen-bond donors (Lipinski definition) is 2. The summed E-state index contributed by atoms with van der Waals surface area (Å²) in [7, 11) is 0. The largest absolute Gasteiger partial charge is 0.313 e. The molecule has 0 radical (unpaired) electrons. The van der Waals surface area contributed by atoms with E-state index in [0.717, 1.165) is 6.42 Å². The molecule has 84 valence electrons. The van der Waals surface area contributed by atoms with Crippen LogP contribution in [-0.2, 0) is 0 Å². The Labute approximate surface area is 88.6 Å². The van der Waals surface area contributed by atoms with Gasteiger partial charge in [-0.25, -0.2) is 0 Å². The zero-order valence-electron chi connectivity index (χ0n) is 10.4. The molecule has 1 aliphatic carbocycles. The summed E-state index contributed by atoms with van der Waals surface area (Å²) in [4.78, 5) is 0. The Bertz CT molecular complexity index is 188. The summed E-state index contributed by atoms with van der Waals surface area (Å²) in [6.07, 6.45) is 3.65. The minimum Gasteiger partial charge on any atom is -0.313 e. The van der Waals surface area contributed by atoms with Gasteiger partial charge in [-0.1, -0.05) is 20.8 Å². The Morgan fingerprint density at radius 2 is 2.00 bits per heavy atom. The molecule has 2 atom stereocenters. The van der Waals surface area contributed by atoms with Crippen LogP contribution in [0.25, 0.3) is 0 Å². The van der Waals surface area contributed by atoms with Crippen LogP contribution in [-0.4, -0.2) is 11.7 Å². The number of nitrogens with one attached hydrogen (secondary N) is 1. The van der Waals surface area contributed by atoms with E-state index in [1.165, 1.54) is 12.8 Å². The topological polar surface area (TPSA) is 38.0 Å². The van der Waals surface area contributed by atoms with Crippen molar-refractivity contribution in [3.63, 3.8) is 0 Å². The van der Waals surface area contributed by atoms with Gasteiger partial charge in [0, 0.05) is 6.04 Å². The predicted molar refractivity (Wildman–Crippen MR) is 62.0 cm³/mol. The fraction of sp³-hybridized carbons (Fsp3) is 1.00. The number of hydrogen-bond acceptors (Lipinski definition) is 2. The van der Waals surface area contributed by atoms with E-state index in [0.29, 0.717) is 17.4 Å². The van der Waals surface area contributed by atoms with Gasteiger partial charge < -0.3 is 5.73 Å². The molecular weight excluding hydrogens is 172 g/mol. The highest BCUT2D eigenvalue weighted by Crippen LogP contribution is 2.48. The van der Waals surface area contributed by atoms with Gasteiger partial charge in [0.15, 0.2) is 0 Å². The zero-order valence-corrected chi connectivity index (χ0v) is 10.4. The predicted octanol–water partition coefficient (Wildman–Crippen LogP) is 2.49. The molecule has 1 fully saturated rings. The van der Waals surface area contributed by atoms with Crippen molar-refractivity contribution in [1.82, 2.24) is 5.32 Å². The van der Waals surface area contributed by atoms with E-state index < -0.39 is 0 Å². The van der Waals surface area contributed by atoms with Gasteiger partial charge in [0.05, 0.1) is 5.66 Å². The molecule has 0 aromatic carbocycles. The Kier molecular flexibility index (Phi) is 3.27. The van der Waals surface area contributed by atoms with Crippen molar-refractivity contribution in [2.75, 3.05) is 0 Å². The second kappa shape index (κ2) is 3.82. The van der Waals surface area contributed by atoms with Crippen molar-refractivity contribution in [3.05, 3.63) is 0 Å². The molecule has 14 heavy (non-hydrogen) atoms. The first-order valence-electron chi connectivity index (χ1n) is 5.83. The molecule has 3 N–H and O–H groups in total. The van der Waals surface area contributed by atoms with E-state index in [-0.39, 0.29) is 5.66 Å². The van der Waals surface area contributed by atoms with Crippen LogP contribution in [0.4, 0.5) is 0 Å². The maximum Gasteiger partial charge on any atom is 0.0664 e. The van der Waals surface area contributed by atoms with Crippen LogP contribution in [0.15, 0.2) is 0 Å². The molecule has 0 amide bonds. The van der Waals surface area contributed by atoms with E-state index in [2.05, 4.69) is 39.9 Å². The Morgan fingerprint density at radius 1 is 1.50 bits per heavy atom. The molecule has 1 rings (SSSR count). The maximum absolute atomic E-state index is 6.31.